The van der Waals surface area contributed by atoms with Gasteiger partial charge >= 0.3 is 0 Å². The van der Waals surface area contributed by atoms with Gasteiger partial charge in [0.2, 0.25) is 0 Å². The van der Waals surface area contributed by atoms with E-state index in [2.05, 4.69) is 10.2 Å². The predicted octanol–water partition coefficient (Wildman–Crippen LogP) is 2.40. The number of nitrogens with zero attached hydrogens (tertiary/aromatic N) is 1. The topological polar surface area (TPSA) is 24.5 Å². The maximum atomic E-state index is 5.91. The highest BCUT2D eigenvalue weighted by Crippen LogP contribution is 2.17. The Morgan fingerprint density at radius 3 is 3.17 bits per heavy atom. The van der Waals surface area contributed by atoms with Crippen LogP contribution in [0.25, 0.3) is 0 Å². The number of nitrogens with one attached hydrogen (secondary N) is 1. The summed E-state index contributed by atoms with van der Waals surface area (Å²) in [6, 6.07) is 8.20. The average Bonchev–Trinajstić information content (AvgIpc) is 2.39. The van der Waals surface area contributed by atoms with E-state index >= 15 is 0 Å². The largest absolute Gasteiger partial charge is 0.492 e. The normalized spacial score (nSPS) is 20.9. The van der Waals surface area contributed by atoms with E-state index in [9.17, 15) is 0 Å². The van der Waals surface area contributed by atoms with Crippen LogP contribution in [-0.4, -0.2) is 44.2 Å². The van der Waals surface area contributed by atoms with Gasteiger partial charge < -0.3 is 10.1 Å². The Labute approximate surface area is 114 Å². The predicted molar refractivity (Wildman–Crippen MR) is 75.5 cm³/mol. The van der Waals surface area contributed by atoms with Crippen LogP contribution < -0.4 is 10.1 Å². The molecule has 1 aliphatic heterocycles. The zero-order chi connectivity index (χ0) is 12.8. The van der Waals surface area contributed by atoms with E-state index < -0.39 is 0 Å². The lowest BCUT2D eigenvalue weighted by molar-refractivity contribution is 0.162. The van der Waals surface area contributed by atoms with Crippen molar-refractivity contribution in [2.45, 2.75) is 18.9 Å². The first-order valence-electron chi connectivity index (χ1n) is 6.56. The van der Waals surface area contributed by atoms with Crippen molar-refractivity contribution in [3.8, 4) is 5.75 Å². The van der Waals surface area contributed by atoms with Gasteiger partial charge in [-0.2, -0.15) is 0 Å². The number of rotatable bonds is 5. The minimum absolute atomic E-state index is 0.630. The highest BCUT2D eigenvalue weighted by molar-refractivity contribution is 6.30. The molecule has 0 radical (unpaired) electrons. The smallest absolute Gasteiger partial charge is 0.120 e. The summed E-state index contributed by atoms with van der Waals surface area (Å²) >= 11 is 5.91. The van der Waals surface area contributed by atoms with Gasteiger partial charge in [-0.15, -0.1) is 0 Å². The summed E-state index contributed by atoms with van der Waals surface area (Å²) in [5, 5.41) is 4.07. The van der Waals surface area contributed by atoms with Gasteiger partial charge in [0.05, 0.1) is 0 Å². The average molecular weight is 269 g/mol. The zero-order valence-corrected chi connectivity index (χ0v) is 11.6. The van der Waals surface area contributed by atoms with Crippen LogP contribution in [0.3, 0.4) is 0 Å². The van der Waals surface area contributed by atoms with E-state index in [0.29, 0.717) is 6.04 Å². The number of likely N-dealkylation sites (tertiary alicyclic amines) is 1. The van der Waals surface area contributed by atoms with Crippen molar-refractivity contribution in [3.63, 3.8) is 0 Å². The molecule has 1 saturated heterocycles. The monoisotopic (exact) mass is 268 g/mol. The number of hydrogen-bond acceptors (Lipinski definition) is 3. The fraction of sp³-hybridized carbons (Fsp3) is 0.571. The molecule has 2 rings (SSSR count). The van der Waals surface area contributed by atoms with Crippen molar-refractivity contribution in [1.82, 2.24) is 10.2 Å². The van der Waals surface area contributed by atoms with Crippen molar-refractivity contribution >= 4 is 11.6 Å². The van der Waals surface area contributed by atoms with Crippen molar-refractivity contribution in [3.05, 3.63) is 29.3 Å². The molecule has 0 bridgehead atoms. The van der Waals surface area contributed by atoms with Crippen LogP contribution in [0.4, 0.5) is 0 Å². The fourth-order valence-corrected chi connectivity index (χ4v) is 2.52. The Balaban J connectivity index is 1.72. The van der Waals surface area contributed by atoms with E-state index in [-0.39, 0.29) is 0 Å². The molecular weight excluding hydrogens is 248 g/mol. The van der Waals surface area contributed by atoms with Crippen LogP contribution in [-0.2, 0) is 0 Å². The molecule has 1 heterocycles. The molecule has 1 fully saturated rings. The minimum Gasteiger partial charge on any atom is -0.492 e. The Morgan fingerprint density at radius 1 is 1.50 bits per heavy atom. The molecule has 1 aromatic rings. The zero-order valence-electron chi connectivity index (χ0n) is 10.9. The minimum atomic E-state index is 0.630. The summed E-state index contributed by atoms with van der Waals surface area (Å²) in [4.78, 5) is 2.45. The van der Waals surface area contributed by atoms with Crippen LogP contribution >= 0.6 is 11.6 Å². The third kappa shape index (κ3) is 4.16. The van der Waals surface area contributed by atoms with Crippen molar-refractivity contribution < 1.29 is 4.74 Å². The molecule has 1 atom stereocenters. The second-order valence-electron chi connectivity index (χ2n) is 4.73. The van der Waals surface area contributed by atoms with E-state index in [1.807, 2.05) is 31.3 Å². The van der Waals surface area contributed by atoms with E-state index in [1.54, 1.807) is 0 Å². The third-order valence-corrected chi connectivity index (χ3v) is 3.62. The van der Waals surface area contributed by atoms with Crippen LogP contribution in [0.15, 0.2) is 24.3 Å². The standard InChI is InChI=1S/C14H21ClN2O/c1-16-13-5-3-7-17(11-13)8-9-18-14-6-2-4-12(15)10-14/h2,4,6,10,13,16H,3,5,7-9,11H2,1H3. The number of ether oxygens (including phenoxy) is 1. The van der Waals surface area contributed by atoms with Gasteiger partial charge in [-0.1, -0.05) is 17.7 Å². The molecule has 0 amide bonds. The number of hydrogen-bond donors (Lipinski definition) is 1. The molecule has 18 heavy (non-hydrogen) atoms. The molecule has 0 aromatic heterocycles. The Kier molecular flexibility index (Phi) is 5.29. The Bertz CT molecular complexity index is 373. The molecular formula is C14H21ClN2O. The van der Waals surface area contributed by atoms with E-state index in [4.69, 9.17) is 16.3 Å². The fourth-order valence-electron chi connectivity index (χ4n) is 2.34. The molecule has 0 saturated carbocycles. The van der Waals surface area contributed by atoms with Crippen molar-refractivity contribution in [2.75, 3.05) is 33.3 Å². The summed E-state index contributed by atoms with van der Waals surface area (Å²) < 4.78 is 5.71. The molecule has 1 aliphatic rings. The SMILES string of the molecule is CNC1CCCN(CCOc2cccc(Cl)c2)C1. The van der Waals surface area contributed by atoms with Gasteiger partial charge in [0.1, 0.15) is 12.4 Å². The maximum absolute atomic E-state index is 5.91. The van der Waals surface area contributed by atoms with Crippen molar-refractivity contribution in [2.24, 2.45) is 0 Å². The van der Waals surface area contributed by atoms with E-state index in [1.165, 1.54) is 19.4 Å². The second-order valence-corrected chi connectivity index (χ2v) is 5.17. The maximum Gasteiger partial charge on any atom is 0.120 e. The molecule has 1 unspecified atom stereocenters. The first-order valence-corrected chi connectivity index (χ1v) is 6.93. The molecule has 4 heteroatoms. The van der Waals surface area contributed by atoms with Crippen LogP contribution in [0, 0.1) is 0 Å². The van der Waals surface area contributed by atoms with E-state index in [0.717, 1.165) is 30.5 Å². The lowest BCUT2D eigenvalue weighted by Crippen LogP contribution is -2.45. The molecule has 0 aliphatic carbocycles. The number of likely N-dealkylation sites (N-methyl/N-ethyl adjacent to an activating group) is 1. The Morgan fingerprint density at radius 2 is 2.39 bits per heavy atom. The molecule has 100 valence electrons. The van der Waals surface area contributed by atoms with Gasteiger partial charge in [0.15, 0.2) is 0 Å². The second kappa shape index (κ2) is 6.98. The first kappa shape index (κ1) is 13.7. The van der Waals surface area contributed by atoms with Gasteiger partial charge in [0.25, 0.3) is 0 Å². The third-order valence-electron chi connectivity index (χ3n) is 3.39. The Hall–Kier alpha value is -0.770. The van der Waals surface area contributed by atoms with Gasteiger partial charge in [0, 0.05) is 24.2 Å². The summed E-state index contributed by atoms with van der Waals surface area (Å²) in [6.45, 7) is 3.99. The number of halogens is 1. The van der Waals surface area contributed by atoms with Crippen molar-refractivity contribution in [1.29, 1.82) is 0 Å². The highest BCUT2D eigenvalue weighted by Gasteiger charge is 2.17. The quantitative estimate of drug-likeness (QED) is 0.888. The summed E-state index contributed by atoms with van der Waals surface area (Å²) in [5.41, 5.74) is 0. The number of benzene rings is 1. The molecule has 3 nitrogen and oxygen atoms in total. The van der Waals surface area contributed by atoms with Gasteiger partial charge in [-0.05, 0) is 44.6 Å². The summed E-state index contributed by atoms with van der Waals surface area (Å²) in [7, 11) is 2.04. The summed E-state index contributed by atoms with van der Waals surface area (Å²) in [6.07, 6.45) is 2.55. The lowest BCUT2D eigenvalue weighted by atomic mass is 10.1. The number of piperidine rings is 1. The summed E-state index contributed by atoms with van der Waals surface area (Å²) in [5.74, 6) is 0.852. The van der Waals surface area contributed by atoms with Crippen LogP contribution in [0.1, 0.15) is 12.8 Å². The first-order chi connectivity index (χ1) is 8.78. The molecule has 1 N–H and O–H groups in total. The van der Waals surface area contributed by atoms with Crippen LogP contribution in [0.2, 0.25) is 5.02 Å². The molecule has 1 aromatic carbocycles. The lowest BCUT2D eigenvalue weighted by Gasteiger charge is -2.32. The van der Waals surface area contributed by atoms with Gasteiger partial charge in [-0.3, -0.25) is 4.90 Å². The van der Waals surface area contributed by atoms with Crippen LogP contribution in [0.5, 0.6) is 5.75 Å². The highest BCUT2D eigenvalue weighted by atomic mass is 35.5. The van der Waals surface area contributed by atoms with Gasteiger partial charge in [-0.25, -0.2) is 0 Å². The molecule has 0 spiro atoms.